The van der Waals surface area contributed by atoms with Crippen LogP contribution in [0.15, 0.2) is 23.7 Å². The Balaban J connectivity index is 1.85. The third-order valence-electron chi connectivity index (χ3n) is 3.56. The van der Waals surface area contributed by atoms with Crippen LogP contribution in [-0.4, -0.2) is 28.9 Å². The molecule has 3 rings (SSSR count). The first-order valence-corrected chi connectivity index (χ1v) is 7.81. The van der Waals surface area contributed by atoms with E-state index in [0.717, 1.165) is 6.42 Å². The normalized spacial score (nSPS) is 13.9. The predicted octanol–water partition coefficient (Wildman–Crippen LogP) is 2.91. The lowest BCUT2D eigenvalue weighted by Crippen LogP contribution is -2.36. The van der Waals surface area contributed by atoms with Gasteiger partial charge in [0.1, 0.15) is 0 Å². The molecule has 0 saturated heterocycles. The second-order valence-corrected chi connectivity index (χ2v) is 5.90. The molecule has 6 heteroatoms. The van der Waals surface area contributed by atoms with Gasteiger partial charge < -0.3 is 10.2 Å². The molecule has 2 aromatic rings. The number of nitrogens with zero attached hydrogens (tertiary/aromatic N) is 2. The predicted molar refractivity (Wildman–Crippen MR) is 81.1 cm³/mol. The molecule has 1 aliphatic heterocycles. The van der Waals surface area contributed by atoms with Crippen molar-refractivity contribution in [3.8, 4) is 0 Å². The molecule has 1 aliphatic rings. The standard InChI is InChI=1S/C15H16FN3OS/c1-2-17-14-13(16)11(3-6-18-14)15(20)19-7-4-12-10(9-19)5-8-21-12/h3,5-6,8H,2,4,7,9H2,1H3,(H,17,18). The van der Waals surface area contributed by atoms with Gasteiger partial charge in [0, 0.05) is 30.7 Å². The SMILES string of the molecule is CCNc1nccc(C(=O)N2CCc3sccc3C2)c1F. The van der Waals surface area contributed by atoms with Crippen LogP contribution < -0.4 is 5.32 Å². The summed E-state index contributed by atoms with van der Waals surface area (Å²) in [7, 11) is 0. The molecule has 1 amide bonds. The zero-order valence-electron chi connectivity index (χ0n) is 11.7. The molecule has 4 nitrogen and oxygen atoms in total. The fourth-order valence-electron chi connectivity index (χ4n) is 2.49. The van der Waals surface area contributed by atoms with Gasteiger partial charge in [-0.15, -0.1) is 11.3 Å². The molecule has 110 valence electrons. The Bertz CT molecular complexity index is 671. The van der Waals surface area contributed by atoms with Gasteiger partial charge in [0.2, 0.25) is 0 Å². The van der Waals surface area contributed by atoms with E-state index in [-0.39, 0.29) is 17.3 Å². The Hall–Kier alpha value is -1.95. The van der Waals surface area contributed by atoms with Gasteiger partial charge in [-0.3, -0.25) is 4.79 Å². The highest BCUT2D eigenvalue weighted by atomic mass is 32.1. The number of hydrogen-bond donors (Lipinski definition) is 1. The zero-order chi connectivity index (χ0) is 14.8. The lowest BCUT2D eigenvalue weighted by atomic mass is 10.1. The van der Waals surface area contributed by atoms with Gasteiger partial charge in [-0.2, -0.15) is 0 Å². The van der Waals surface area contributed by atoms with E-state index in [1.54, 1.807) is 16.2 Å². The maximum absolute atomic E-state index is 14.3. The molecule has 0 aliphatic carbocycles. The number of fused-ring (bicyclic) bond motifs is 1. The van der Waals surface area contributed by atoms with E-state index >= 15 is 0 Å². The van der Waals surface area contributed by atoms with Gasteiger partial charge in [0.25, 0.3) is 5.91 Å². The van der Waals surface area contributed by atoms with E-state index in [1.165, 1.54) is 22.7 Å². The zero-order valence-corrected chi connectivity index (χ0v) is 12.5. The molecule has 0 saturated carbocycles. The van der Waals surface area contributed by atoms with Crippen molar-refractivity contribution in [1.82, 2.24) is 9.88 Å². The molecule has 1 N–H and O–H groups in total. The van der Waals surface area contributed by atoms with Crippen LogP contribution in [0.3, 0.4) is 0 Å². The van der Waals surface area contributed by atoms with Crippen molar-refractivity contribution in [2.45, 2.75) is 19.9 Å². The quantitative estimate of drug-likeness (QED) is 0.948. The van der Waals surface area contributed by atoms with Crippen molar-refractivity contribution < 1.29 is 9.18 Å². The molecule has 21 heavy (non-hydrogen) atoms. The topological polar surface area (TPSA) is 45.2 Å². The molecule has 0 unspecified atom stereocenters. The molecule has 2 aromatic heterocycles. The van der Waals surface area contributed by atoms with E-state index in [9.17, 15) is 9.18 Å². The summed E-state index contributed by atoms with van der Waals surface area (Å²) in [4.78, 5) is 19.5. The van der Waals surface area contributed by atoms with Gasteiger partial charge in [0.05, 0.1) is 5.56 Å². The van der Waals surface area contributed by atoms with Crippen LogP contribution >= 0.6 is 11.3 Å². The number of hydrogen-bond acceptors (Lipinski definition) is 4. The third kappa shape index (κ3) is 2.63. The van der Waals surface area contributed by atoms with E-state index in [0.29, 0.717) is 19.6 Å². The van der Waals surface area contributed by atoms with Gasteiger partial charge in [-0.1, -0.05) is 0 Å². The third-order valence-corrected chi connectivity index (χ3v) is 4.58. The highest BCUT2D eigenvalue weighted by Crippen LogP contribution is 2.26. The summed E-state index contributed by atoms with van der Waals surface area (Å²) >= 11 is 1.72. The number of thiophene rings is 1. The maximum Gasteiger partial charge on any atom is 0.257 e. The molecule has 0 atom stereocenters. The average Bonchev–Trinajstić information content (AvgIpc) is 2.96. The fraction of sp³-hybridized carbons (Fsp3) is 0.333. The van der Waals surface area contributed by atoms with Crippen molar-refractivity contribution in [3.63, 3.8) is 0 Å². The number of anilines is 1. The first-order valence-electron chi connectivity index (χ1n) is 6.93. The van der Waals surface area contributed by atoms with Crippen molar-refractivity contribution in [1.29, 1.82) is 0 Å². The van der Waals surface area contributed by atoms with Crippen LogP contribution in [0.25, 0.3) is 0 Å². The van der Waals surface area contributed by atoms with Gasteiger partial charge >= 0.3 is 0 Å². The number of amides is 1. The molecule has 0 aromatic carbocycles. The summed E-state index contributed by atoms with van der Waals surface area (Å²) in [6.45, 7) is 3.60. The summed E-state index contributed by atoms with van der Waals surface area (Å²) in [5, 5.41) is 4.87. The fourth-order valence-corrected chi connectivity index (χ4v) is 3.38. The Kier molecular flexibility index (Phi) is 3.88. The number of carbonyl (C=O) groups is 1. The number of carbonyl (C=O) groups excluding carboxylic acids is 1. The summed E-state index contributed by atoms with van der Waals surface area (Å²) in [6, 6.07) is 3.48. The monoisotopic (exact) mass is 305 g/mol. The minimum atomic E-state index is -0.569. The van der Waals surface area contributed by atoms with E-state index in [4.69, 9.17) is 0 Å². The highest BCUT2D eigenvalue weighted by molar-refractivity contribution is 7.10. The first-order chi connectivity index (χ1) is 10.2. The molecule has 0 fully saturated rings. The molecule has 0 radical (unpaired) electrons. The van der Waals surface area contributed by atoms with E-state index < -0.39 is 5.82 Å². The van der Waals surface area contributed by atoms with E-state index in [2.05, 4.69) is 10.3 Å². The molecule has 3 heterocycles. The summed E-state index contributed by atoms with van der Waals surface area (Å²) < 4.78 is 14.3. The van der Waals surface area contributed by atoms with Crippen LogP contribution in [-0.2, 0) is 13.0 Å². The highest BCUT2D eigenvalue weighted by Gasteiger charge is 2.25. The molecular weight excluding hydrogens is 289 g/mol. The second kappa shape index (κ2) is 5.81. The number of rotatable bonds is 3. The summed E-state index contributed by atoms with van der Waals surface area (Å²) in [5.74, 6) is -0.706. The smallest absolute Gasteiger partial charge is 0.257 e. The van der Waals surface area contributed by atoms with Crippen molar-refractivity contribution >= 4 is 23.1 Å². The van der Waals surface area contributed by atoms with Crippen LogP contribution in [0, 0.1) is 5.82 Å². The van der Waals surface area contributed by atoms with Crippen molar-refractivity contribution in [2.75, 3.05) is 18.4 Å². The van der Waals surface area contributed by atoms with E-state index in [1.807, 2.05) is 18.4 Å². The molecule has 0 spiro atoms. The summed E-state index contributed by atoms with van der Waals surface area (Å²) in [5.41, 5.74) is 1.25. The van der Waals surface area contributed by atoms with Crippen LogP contribution in [0.1, 0.15) is 27.7 Å². The lowest BCUT2D eigenvalue weighted by molar-refractivity contribution is 0.0731. The molecule has 0 bridgehead atoms. The van der Waals surface area contributed by atoms with Crippen molar-refractivity contribution in [3.05, 3.63) is 45.5 Å². The minimum Gasteiger partial charge on any atom is -0.368 e. The number of nitrogens with one attached hydrogen (secondary N) is 1. The Morgan fingerprint density at radius 2 is 2.38 bits per heavy atom. The van der Waals surface area contributed by atoms with Gasteiger partial charge in [-0.05, 0) is 36.4 Å². The number of aromatic nitrogens is 1. The van der Waals surface area contributed by atoms with Crippen LogP contribution in [0.5, 0.6) is 0 Å². The lowest BCUT2D eigenvalue weighted by Gasteiger charge is -2.27. The average molecular weight is 305 g/mol. The largest absolute Gasteiger partial charge is 0.368 e. The van der Waals surface area contributed by atoms with Crippen molar-refractivity contribution in [2.24, 2.45) is 0 Å². The van der Waals surface area contributed by atoms with Crippen LogP contribution in [0.4, 0.5) is 10.2 Å². The van der Waals surface area contributed by atoms with Crippen LogP contribution in [0.2, 0.25) is 0 Å². The number of pyridine rings is 1. The minimum absolute atomic E-state index is 0.0830. The Morgan fingerprint density at radius 3 is 3.19 bits per heavy atom. The number of halogens is 1. The second-order valence-electron chi connectivity index (χ2n) is 4.90. The Labute approximate surface area is 126 Å². The maximum atomic E-state index is 14.3. The first kappa shape index (κ1) is 14.0. The Morgan fingerprint density at radius 1 is 1.52 bits per heavy atom. The van der Waals surface area contributed by atoms with Gasteiger partial charge in [0.15, 0.2) is 11.6 Å². The van der Waals surface area contributed by atoms with Gasteiger partial charge in [-0.25, -0.2) is 9.37 Å². The summed E-state index contributed by atoms with van der Waals surface area (Å²) in [6.07, 6.45) is 2.31. The molecular formula is C15H16FN3OS.